The lowest BCUT2D eigenvalue weighted by Crippen LogP contribution is -2.38. The van der Waals surface area contributed by atoms with Gasteiger partial charge in [-0.15, -0.1) is 0 Å². The van der Waals surface area contributed by atoms with E-state index in [9.17, 15) is 8.78 Å². The number of nitrogens with two attached hydrogens (primary N) is 1. The van der Waals surface area contributed by atoms with Gasteiger partial charge in [-0.25, -0.2) is 8.78 Å². The van der Waals surface area contributed by atoms with E-state index in [0.717, 1.165) is 12.8 Å². The first-order chi connectivity index (χ1) is 8.10. The van der Waals surface area contributed by atoms with Crippen LogP contribution in [0.1, 0.15) is 25.3 Å². The van der Waals surface area contributed by atoms with E-state index in [1.807, 2.05) is 6.92 Å². The Balaban J connectivity index is 2.76. The molecular weight excluding hydrogens is 224 g/mol. The quantitative estimate of drug-likeness (QED) is 0.833. The maximum absolute atomic E-state index is 13.4. The average molecular weight is 243 g/mol. The maximum atomic E-state index is 13.4. The SMILES string of the molecule is CCCC(OC)C(N)Cc1c(F)cccc1F. The molecule has 0 fully saturated rings. The van der Waals surface area contributed by atoms with Crippen LogP contribution in [0, 0.1) is 11.6 Å². The third-order valence-corrected chi connectivity index (χ3v) is 2.85. The first-order valence-corrected chi connectivity index (χ1v) is 5.81. The number of halogens is 2. The zero-order chi connectivity index (χ0) is 12.8. The molecule has 0 bridgehead atoms. The number of hydrogen-bond donors (Lipinski definition) is 1. The second-order valence-electron chi connectivity index (χ2n) is 4.13. The molecule has 2 atom stereocenters. The van der Waals surface area contributed by atoms with Gasteiger partial charge in [-0.05, 0) is 25.0 Å². The van der Waals surface area contributed by atoms with Crippen molar-refractivity contribution in [3.63, 3.8) is 0 Å². The number of rotatable bonds is 6. The van der Waals surface area contributed by atoms with E-state index in [1.165, 1.54) is 18.2 Å². The molecule has 0 heterocycles. The Morgan fingerprint density at radius 1 is 1.29 bits per heavy atom. The topological polar surface area (TPSA) is 35.2 Å². The highest BCUT2D eigenvalue weighted by molar-refractivity contribution is 5.20. The van der Waals surface area contributed by atoms with Gasteiger partial charge in [0, 0.05) is 18.7 Å². The molecule has 1 rings (SSSR count). The fourth-order valence-electron chi connectivity index (χ4n) is 1.89. The Morgan fingerprint density at radius 3 is 2.35 bits per heavy atom. The van der Waals surface area contributed by atoms with Crippen molar-refractivity contribution in [2.75, 3.05) is 7.11 Å². The molecular formula is C13H19F2NO. The summed E-state index contributed by atoms with van der Waals surface area (Å²) in [6.07, 6.45) is 1.69. The summed E-state index contributed by atoms with van der Waals surface area (Å²) in [5.74, 6) is -1.10. The molecule has 0 saturated heterocycles. The number of hydrogen-bond acceptors (Lipinski definition) is 2. The summed E-state index contributed by atoms with van der Waals surface area (Å²) in [5, 5.41) is 0. The van der Waals surface area contributed by atoms with Crippen LogP contribution in [0.15, 0.2) is 18.2 Å². The maximum Gasteiger partial charge on any atom is 0.129 e. The minimum Gasteiger partial charge on any atom is -0.380 e. The van der Waals surface area contributed by atoms with E-state index in [0.29, 0.717) is 0 Å². The first-order valence-electron chi connectivity index (χ1n) is 5.81. The summed E-state index contributed by atoms with van der Waals surface area (Å²) in [4.78, 5) is 0. The fraction of sp³-hybridized carbons (Fsp3) is 0.538. The lowest BCUT2D eigenvalue weighted by atomic mass is 9.98. The highest BCUT2D eigenvalue weighted by Gasteiger charge is 2.20. The summed E-state index contributed by atoms with van der Waals surface area (Å²) in [6.45, 7) is 2.02. The second-order valence-corrected chi connectivity index (χ2v) is 4.13. The molecule has 0 saturated carbocycles. The molecule has 96 valence electrons. The predicted molar refractivity (Wildman–Crippen MR) is 63.7 cm³/mol. The van der Waals surface area contributed by atoms with Crippen molar-refractivity contribution in [2.45, 2.75) is 38.3 Å². The average Bonchev–Trinajstić information content (AvgIpc) is 2.30. The third-order valence-electron chi connectivity index (χ3n) is 2.85. The van der Waals surface area contributed by atoms with Gasteiger partial charge in [-0.1, -0.05) is 19.4 Å². The lowest BCUT2D eigenvalue weighted by Gasteiger charge is -2.22. The molecule has 0 aliphatic carbocycles. The highest BCUT2D eigenvalue weighted by atomic mass is 19.1. The Kier molecular flexibility index (Phi) is 5.51. The van der Waals surface area contributed by atoms with Crippen molar-refractivity contribution in [3.8, 4) is 0 Å². The lowest BCUT2D eigenvalue weighted by molar-refractivity contribution is 0.0722. The highest BCUT2D eigenvalue weighted by Crippen LogP contribution is 2.16. The van der Waals surface area contributed by atoms with Gasteiger partial charge in [0.15, 0.2) is 0 Å². The number of methoxy groups -OCH3 is 1. The molecule has 0 aliphatic rings. The Hall–Kier alpha value is -1.00. The van der Waals surface area contributed by atoms with E-state index in [-0.39, 0.29) is 18.1 Å². The summed E-state index contributed by atoms with van der Waals surface area (Å²) in [5.41, 5.74) is 5.97. The summed E-state index contributed by atoms with van der Waals surface area (Å²) in [7, 11) is 1.57. The van der Waals surface area contributed by atoms with Crippen LogP contribution in [0.4, 0.5) is 8.78 Å². The summed E-state index contributed by atoms with van der Waals surface area (Å²) < 4.78 is 32.1. The van der Waals surface area contributed by atoms with Gasteiger partial charge in [-0.3, -0.25) is 0 Å². The molecule has 1 aromatic carbocycles. The predicted octanol–water partition coefficient (Wildman–Crippen LogP) is 2.65. The molecule has 0 spiro atoms. The van der Waals surface area contributed by atoms with Crippen molar-refractivity contribution < 1.29 is 13.5 Å². The van der Waals surface area contributed by atoms with Crippen molar-refractivity contribution in [2.24, 2.45) is 5.73 Å². The Labute approximate surface area is 101 Å². The van der Waals surface area contributed by atoms with Crippen molar-refractivity contribution in [1.29, 1.82) is 0 Å². The van der Waals surface area contributed by atoms with Crippen LogP contribution in [-0.4, -0.2) is 19.3 Å². The van der Waals surface area contributed by atoms with Gasteiger partial charge in [0.2, 0.25) is 0 Å². The van der Waals surface area contributed by atoms with E-state index in [1.54, 1.807) is 7.11 Å². The molecule has 0 amide bonds. The zero-order valence-corrected chi connectivity index (χ0v) is 10.2. The Morgan fingerprint density at radius 2 is 1.88 bits per heavy atom. The summed E-state index contributed by atoms with van der Waals surface area (Å²) in [6, 6.07) is 3.44. The van der Waals surface area contributed by atoms with Gasteiger partial charge >= 0.3 is 0 Å². The van der Waals surface area contributed by atoms with Crippen LogP contribution in [0.25, 0.3) is 0 Å². The van der Waals surface area contributed by atoms with Crippen LogP contribution >= 0.6 is 0 Å². The van der Waals surface area contributed by atoms with Gasteiger partial charge in [0.25, 0.3) is 0 Å². The van der Waals surface area contributed by atoms with Crippen molar-refractivity contribution >= 4 is 0 Å². The fourth-order valence-corrected chi connectivity index (χ4v) is 1.89. The number of benzene rings is 1. The van der Waals surface area contributed by atoms with Gasteiger partial charge < -0.3 is 10.5 Å². The van der Waals surface area contributed by atoms with Crippen molar-refractivity contribution in [1.82, 2.24) is 0 Å². The van der Waals surface area contributed by atoms with Gasteiger partial charge in [0.1, 0.15) is 11.6 Å². The molecule has 0 aromatic heterocycles. The van der Waals surface area contributed by atoms with Gasteiger partial charge in [-0.2, -0.15) is 0 Å². The van der Waals surface area contributed by atoms with E-state index < -0.39 is 17.7 Å². The molecule has 4 heteroatoms. The van der Waals surface area contributed by atoms with Crippen LogP contribution in [0.5, 0.6) is 0 Å². The molecule has 1 aromatic rings. The van der Waals surface area contributed by atoms with Gasteiger partial charge in [0.05, 0.1) is 6.10 Å². The van der Waals surface area contributed by atoms with E-state index in [4.69, 9.17) is 10.5 Å². The smallest absolute Gasteiger partial charge is 0.129 e. The van der Waals surface area contributed by atoms with Crippen molar-refractivity contribution in [3.05, 3.63) is 35.4 Å². The zero-order valence-electron chi connectivity index (χ0n) is 10.2. The van der Waals surface area contributed by atoms with Crippen LogP contribution in [0.3, 0.4) is 0 Å². The monoisotopic (exact) mass is 243 g/mol. The molecule has 0 radical (unpaired) electrons. The van der Waals surface area contributed by atoms with E-state index in [2.05, 4.69) is 0 Å². The van der Waals surface area contributed by atoms with Crippen LogP contribution in [0.2, 0.25) is 0 Å². The molecule has 17 heavy (non-hydrogen) atoms. The third kappa shape index (κ3) is 3.75. The normalized spacial score (nSPS) is 14.6. The molecule has 2 nitrogen and oxygen atoms in total. The first kappa shape index (κ1) is 14.1. The van der Waals surface area contributed by atoms with E-state index >= 15 is 0 Å². The molecule has 0 aliphatic heterocycles. The summed E-state index contributed by atoms with van der Waals surface area (Å²) >= 11 is 0. The molecule has 2 unspecified atom stereocenters. The van der Waals surface area contributed by atoms with Crippen LogP contribution < -0.4 is 5.73 Å². The largest absolute Gasteiger partial charge is 0.380 e. The minimum atomic E-state index is -0.549. The standard InChI is InChI=1S/C13H19F2NO/c1-3-5-13(17-2)12(16)8-9-10(14)6-4-7-11(9)15/h4,6-7,12-13H,3,5,8,16H2,1-2H3. The van der Waals surface area contributed by atoms with Crippen LogP contribution in [-0.2, 0) is 11.2 Å². The number of ether oxygens (including phenoxy) is 1. The molecule has 2 N–H and O–H groups in total. The second kappa shape index (κ2) is 6.67. The Bertz CT molecular complexity index is 337. The minimum absolute atomic E-state index is 0.0400.